The van der Waals surface area contributed by atoms with Crippen molar-refractivity contribution in [2.24, 2.45) is 0 Å². The van der Waals surface area contributed by atoms with E-state index in [1.54, 1.807) is 0 Å². The molecule has 0 unspecified atom stereocenters. The minimum atomic E-state index is 0.901. The van der Waals surface area contributed by atoms with E-state index in [2.05, 4.69) is 27.7 Å². The van der Waals surface area contributed by atoms with Crippen molar-refractivity contribution in [3.05, 3.63) is 48.4 Å². The van der Waals surface area contributed by atoms with Crippen molar-refractivity contribution in [3.8, 4) is 0 Å². The van der Waals surface area contributed by atoms with Gasteiger partial charge in [0.15, 0.2) is 0 Å². The van der Waals surface area contributed by atoms with Gasteiger partial charge in [-0.15, -0.1) is 0 Å². The van der Waals surface area contributed by atoms with Gasteiger partial charge in [-0.3, -0.25) is 5.10 Å². The Hall–Kier alpha value is -1.51. The highest BCUT2D eigenvalue weighted by Gasteiger charge is 1.96. The van der Waals surface area contributed by atoms with Crippen LogP contribution in [0.15, 0.2) is 30.6 Å². The second-order valence-electron chi connectivity index (χ2n) is 2.60. The molecule has 61 valence electrons. The molecule has 0 aliphatic rings. The van der Waals surface area contributed by atoms with E-state index in [9.17, 15) is 0 Å². The van der Waals surface area contributed by atoms with E-state index in [-0.39, 0.29) is 0 Å². The topological polar surface area (TPSA) is 44.5 Å². The first-order valence-corrected chi connectivity index (χ1v) is 3.90. The molecule has 0 bridgehead atoms. The average molecular weight is 160 g/mol. The first kappa shape index (κ1) is 7.16. The summed E-state index contributed by atoms with van der Waals surface area (Å²) in [5.74, 6) is 0. The van der Waals surface area contributed by atoms with Gasteiger partial charge >= 0.3 is 0 Å². The van der Waals surface area contributed by atoms with Crippen molar-refractivity contribution in [3.63, 3.8) is 0 Å². The molecular weight excluding hydrogens is 150 g/mol. The quantitative estimate of drug-likeness (QED) is 0.702. The number of hydrogen-bond donors (Lipinski definition) is 2. The van der Waals surface area contributed by atoms with Gasteiger partial charge in [-0.1, -0.05) is 0 Å². The number of nitrogens with zero attached hydrogens (tertiary/aromatic N) is 1. The molecule has 0 aliphatic carbocycles. The highest BCUT2D eigenvalue weighted by Crippen LogP contribution is 2.03. The lowest BCUT2D eigenvalue weighted by atomic mass is 10.2. The Kier molecular flexibility index (Phi) is 1.94. The third-order valence-electron chi connectivity index (χ3n) is 1.72. The minimum absolute atomic E-state index is 0.901. The maximum absolute atomic E-state index is 4.02. The van der Waals surface area contributed by atoms with Gasteiger partial charge in [-0.05, 0) is 24.6 Å². The summed E-state index contributed by atoms with van der Waals surface area (Å²) >= 11 is 0. The molecule has 0 aromatic carbocycles. The molecule has 0 amide bonds. The second-order valence-corrected chi connectivity index (χ2v) is 2.60. The van der Waals surface area contributed by atoms with Gasteiger partial charge in [0.1, 0.15) is 0 Å². The summed E-state index contributed by atoms with van der Waals surface area (Å²) in [6, 6.07) is 6.00. The van der Waals surface area contributed by atoms with Gasteiger partial charge in [0.2, 0.25) is 0 Å². The molecule has 2 heterocycles. The van der Waals surface area contributed by atoms with E-state index < -0.39 is 0 Å². The predicted octanol–water partition coefficient (Wildman–Crippen LogP) is 1.53. The Morgan fingerprint density at radius 1 is 1.33 bits per heavy atom. The molecule has 0 aliphatic heterocycles. The first-order valence-electron chi connectivity index (χ1n) is 3.90. The zero-order valence-electron chi connectivity index (χ0n) is 6.62. The highest BCUT2D eigenvalue weighted by molar-refractivity contribution is 5.15. The molecule has 2 aromatic heterocycles. The second kappa shape index (κ2) is 3.26. The summed E-state index contributed by atoms with van der Waals surface area (Å²) < 4.78 is 0. The van der Waals surface area contributed by atoms with Crippen molar-refractivity contribution >= 4 is 0 Å². The molecular formula is C9H10N3. The minimum Gasteiger partial charge on any atom is -0.365 e. The lowest BCUT2D eigenvalue weighted by Crippen LogP contribution is -1.88. The third-order valence-corrected chi connectivity index (χ3v) is 1.72. The van der Waals surface area contributed by atoms with E-state index in [1.165, 1.54) is 5.69 Å². The summed E-state index contributed by atoms with van der Waals surface area (Å²) in [4.78, 5) is 3.13. The fourth-order valence-corrected chi connectivity index (χ4v) is 1.09. The summed E-state index contributed by atoms with van der Waals surface area (Å²) in [6.07, 6.45) is 6.72. The molecule has 0 atom stereocenters. The number of aromatic nitrogens is 3. The Morgan fingerprint density at radius 3 is 3.00 bits per heavy atom. The average Bonchev–Trinajstić information content (AvgIpc) is 2.74. The fraction of sp³-hybridized carbons (Fsp3) is 0.111. The zero-order valence-corrected chi connectivity index (χ0v) is 6.62. The maximum Gasteiger partial charge on any atom is 0.0663 e. The molecule has 1 radical (unpaired) electrons. The van der Waals surface area contributed by atoms with Crippen molar-refractivity contribution in [1.29, 1.82) is 0 Å². The smallest absolute Gasteiger partial charge is 0.0663 e. The van der Waals surface area contributed by atoms with Gasteiger partial charge in [0, 0.05) is 24.5 Å². The number of hydrogen-bond acceptors (Lipinski definition) is 1. The summed E-state index contributed by atoms with van der Waals surface area (Å²) in [5.41, 5.74) is 2.20. The summed E-state index contributed by atoms with van der Waals surface area (Å²) in [7, 11) is 0. The van der Waals surface area contributed by atoms with Crippen molar-refractivity contribution in [2.75, 3.05) is 0 Å². The Labute approximate surface area is 70.8 Å². The van der Waals surface area contributed by atoms with Crippen LogP contribution in [0, 0.1) is 6.42 Å². The van der Waals surface area contributed by atoms with Gasteiger partial charge in [0.25, 0.3) is 0 Å². The lowest BCUT2D eigenvalue weighted by Gasteiger charge is -1.92. The predicted molar refractivity (Wildman–Crippen MR) is 46.5 cm³/mol. The van der Waals surface area contributed by atoms with Gasteiger partial charge in [-0.25, -0.2) is 0 Å². The Bertz CT molecular complexity index is 273. The molecule has 0 saturated carbocycles. The summed E-state index contributed by atoms with van der Waals surface area (Å²) in [5, 5.41) is 6.79. The molecule has 0 saturated heterocycles. The van der Waals surface area contributed by atoms with Crippen LogP contribution in [0.4, 0.5) is 0 Å². The highest BCUT2D eigenvalue weighted by atomic mass is 15.1. The fourth-order valence-electron chi connectivity index (χ4n) is 1.09. The van der Waals surface area contributed by atoms with Crippen LogP contribution in [0.25, 0.3) is 0 Å². The van der Waals surface area contributed by atoms with Gasteiger partial charge in [-0.2, -0.15) is 5.10 Å². The van der Waals surface area contributed by atoms with Crippen molar-refractivity contribution < 1.29 is 0 Å². The Balaban J connectivity index is 1.91. The van der Waals surface area contributed by atoms with Crippen LogP contribution < -0.4 is 0 Å². The van der Waals surface area contributed by atoms with Crippen LogP contribution in [-0.2, 0) is 6.42 Å². The van der Waals surface area contributed by atoms with Gasteiger partial charge in [0.05, 0.1) is 5.69 Å². The van der Waals surface area contributed by atoms with E-state index >= 15 is 0 Å². The molecule has 2 rings (SSSR count). The lowest BCUT2D eigenvalue weighted by molar-refractivity contribution is 1.01. The molecule has 2 N–H and O–H groups in total. The number of rotatable bonds is 3. The maximum atomic E-state index is 4.02. The van der Waals surface area contributed by atoms with Crippen LogP contribution >= 0.6 is 0 Å². The van der Waals surface area contributed by atoms with E-state index in [0.717, 1.165) is 12.1 Å². The van der Waals surface area contributed by atoms with Crippen LogP contribution in [0.1, 0.15) is 11.4 Å². The van der Waals surface area contributed by atoms with E-state index in [0.29, 0.717) is 0 Å². The number of nitrogens with one attached hydrogen (secondary N) is 2. The SMILES string of the molecule is [CH](Cc1ccc[nH]1)c1cc[nH]n1. The molecule has 12 heavy (non-hydrogen) atoms. The van der Waals surface area contributed by atoms with Crippen molar-refractivity contribution in [2.45, 2.75) is 6.42 Å². The monoisotopic (exact) mass is 160 g/mol. The van der Waals surface area contributed by atoms with Gasteiger partial charge < -0.3 is 4.98 Å². The largest absolute Gasteiger partial charge is 0.365 e. The number of aromatic amines is 2. The molecule has 2 aromatic rings. The van der Waals surface area contributed by atoms with E-state index in [1.807, 2.05) is 24.5 Å². The van der Waals surface area contributed by atoms with Crippen LogP contribution in [-0.4, -0.2) is 15.2 Å². The summed E-state index contributed by atoms with van der Waals surface area (Å²) in [6.45, 7) is 0. The van der Waals surface area contributed by atoms with Crippen LogP contribution in [0.2, 0.25) is 0 Å². The molecule has 3 nitrogen and oxygen atoms in total. The van der Waals surface area contributed by atoms with E-state index in [4.69, 9.17) is 0 Å². The normalized spacial score (nSPS) is 10.3. The first-order chi connectivity index (χ1) is 5.95. The molecule has 0 spiro atoms. The van der Waals surface area contributed by atoms with Crippen LogP contribution in [0.3, 0.4) is 0 Å². The van der Waals surface area contributed by atoms with Crippen LogP contribution in [0.5, 0.6) is 0 Å². The molecule has 0 fully saturated rings. The van der Waals surface area contributed by atoms with Crippen molar-refractivity contribution in [1.82, 2.24) is 15.2 Å². The zero-order chi connectivity index (χ0) is 8.23. The number of H-pyrrole nitrogens is 2. The molecule has 3 heteroatoms. The Morgan fingerprint density at radius 2 is 2.33 bits per heavy atom. The third kappa shape index (κ3) is 1.56. The standard InChI is InChI=1S/C9H10N3/c1-2-8(10-6-1)3-4-9-5-7-11-12-9/h1-2,4-7,10H,3H2,(H,11,12).